The van der Waals surface area contributed by atoms with Crippen LogP contribution in [0.15, 0.2) is 60.7 Å². The monoisotopic (exact) mass is 479 g/mol. The molecule has 0 bridgehead atoms. The fourth-order valence-corrected chi connectivity index (χ4v) is 4.63. The van der Waals surface area contributed by atoms with Crippen LogP contribution in [0.4, 0.5) is 5.13 Å². The topological polar surface area (TPSA) is 61.4 Å². The second-order valence-corrected chi connectivity index (χ2v) is 9.37. The minimum Gasteiger partial charge on any atom is -0.352 e. The lowest BCUT2D eigenvalue weighted by Gasteiger charge is -2.23. The van der Waals surface area contributed by atoms with Gasteiger partial charge < -0.3 is 15.1 Å². The third-order valence-electron chi connectivity index (χ3n) is 5.90. The van der Waals surface area contributed by atoms with Gasteiger partial charge in [-0.3, -0.25) is 4.79 Å². The van der Waals surface area contributed by atoms with Gasteiger partial charge in [0.25, 0.3) is 0 Å². The number of anilines is 1. The Hall–Kier alpha value is -2.77. The van der Waals surface area contributed by atoms with Gasteiger partial charge >= 0.3 is 0 Å². The van der Waals surface area contributed by atoms with Crippen molar-refractivity contribution in [1.82, 2.24) is 19.6 Å². The van der Waals surface area contributed by atoms with Gasteiger partial charge in [0.05, 0.1) is 6.54 Å². The molecule has 1 heterocycles. The van der Waals surface area contributed by atoms with Crippen LogP contribution >= 0.6 is 11.5 Å². The highest BCUT2D eigenvalue weighted by atomic mass is 32.1. The molecule has 0 aliphatic rings. The average molecular weight is 480 g/mol. The van der Waals surface area contributed by atoms with E-state index in [-0.39, 0.29) is 18.5 Å². The molecule has 7 heteroatoms. The predicted octanol–water partition coefficient (Wildman–Crippen LogP) is 4.76. The predicted molar refractivity (Wildman–Crippen MR) is 141 cm³/mol. The van der Waals surface area contributed by atoms with E-state index in [1.165, 1.54) is 17.1 Å². The third-order valence-corrected chi connectivity index (χ3v) is 6.71. The van der Waals surface area contributed by atoms with E-state index in [2.05, 4.69) is 59.6 Å². The van der Waals surface area contributed by atoms with Crippen molar-refractivity contribution >= 4 is 22.6 Å². The molecule has 0 saturated carbocycles. The summed E-state index contributed by atoms with van der Waals surface area (Å²) < 4.78 is 4.57. The van der Waals surface area contributed by atoms with Crippen molar-refractivity contribution in [2.24, 2.45) is 0 Å². The summed E-state index contributed by atoms with van der Waals surface area (Å²) in [5.41, 5.74) is 2.32. The number of hydrogen-bond acceptors (Lipinski definition) is 6. The highest BCUT2D eigenvalue weighted by molar-refractivity contribution is 7.09. The molecule has 1 amide bonds. The first-order chi connectivity index (χ1) is 16.6. The normalized spacial score (nSPS) is 12.0. The fourth-order valence-electron chi connectivity index (χ4n) is 3.95. The van der Waals surface area contributed by atoms with Crippen molar-refractivity contribution in [1.29, 1.82) is 0 Å². The molecule has 182 valence electrons. The van der Waals surface area contributed by atoms with E-state index < -0.39 is 0 Å². The molecule has 1 unspecified atom stereocenters. The van der Waals surface area contributed by atoms with Crippen LogP contribution in [-0.4, -0.2) is 52.4 Å². The Morgan fingerprint density at radius 3 is 2.29 bits per heavy atom. The number of rotatable bonds is 14. The molecule has 2 aromatic carbocycles. The Balaban J connectivity index is 1.61. The summed E-state index contributed by atoms with van der Waals surface area (Å²) in [6.07, 6.45) is 2.74. The summed E-state index contributed by atoms with van der Waals surface area (Å²) in [4.78, 5) is 22.1. The molecule has 0 spiro atoms. The van der Waals surface area contributed by atoms with Crippen LogP contribution in [-0.2, 0) is 17.8 Å². The lowest BCUT2D eigenvalue weighted by molar-refractivity contribution is -0.120. The lowest BCUT2D eigenvalue weighted by Crippen LogP contribution is -2.41. The highest BCUT2D eigenvalue weighted by Crippen LogP contribution is 2.21. The maximum absolute atomic E-state index is 12.9. The molecule has 3 aromatic rings. The number of nitrogens with one attached hydrogen (secondary N) is 1. The minimum atomic E-state index is 0.0195. The molecule has 3 rings (SSSR count). The van der Waals surface area contributed by atoms with E-state index in [0.717, 1.165) is 49.0 Å². The van der Waals surface area contributed by atoms with E-state index >= 15 is 0 Å². The number of aromatic nitrogens is 2. The van der Waals surface area contributed by atoms with E-state index in [4.69, 9.17) is 4.98 Å². The maximum atomic E-state index is 12.9. The molecular formula is C27H37N5OS. The maximum Gasteiger partial charge on any atom is 0.239 e. The summed E-state index contributed by atoms with van der Waals surface area (Å²) >= 11 is 1.36. The Morgan fingerprint density at radius 2 is 1.65 bits per heavy atom. The molecule has 0 aliphatic heterocycles. The molecule has 0 radical (unpaired) electrons. The van der Waals surface area contributed by atoms with E-state index in [0.29, 0.717) is 13.0 Å². The van der Waals surface area contributed by atoms with Crippen LogP contribution in [0.2, 0.25) is 0 Å². The van der Waals surface area contributed by atoms with Crippen molar-refractivity contribution in [2.75, 3.05) is 31.1 Å². The number of carbonyl (C=O) groups is 1. The number of carbonyl (C=O) groups excluding carboxylic acids is 1. The molecule has 1 aromatic heterocycles. The Kier molecular flexibility index (Phi) is 10.5. The summed E-state index contributed by atoms with van der Waals surface area (Å²) in [5.74, 6) is 0.806. The highest BCUT2D eigenvalue weighted by Gasteiger charge is 2.18. The lowest BCUT2D eigenvalue weighted by atomic mass is 10.1. The van der Waals surface area contributed by atoms with Crippen molar-refractivity contribution in [3.8, 4) is 0 Å². The van der Waals surface area contributed by atoms with Gasteiger partial charge in [-0.15, -0.1) is 0 Å². The smallest absolute Gasteiger partial charge is 0.239 e. The Labute approximate surface area is 208 Å². The van der Waals surface area contributed by atoms with E-state index in [9.17, 15) is 4.79 Å². The number of hydrogen-bond donors (Lipinski definition) is 1. The summed E-state index contributed by atoms with van der Waals surface area (Å²) in [5, 5.41) is 3.96. The molecule has 0 aliphatic carbocycles. The van der Waals surface area contributed by atoms with Crippen molar-refractivity contribution in [3.63, 3.8) is 0 Å². The van der Waals surface area contributed by atoms with Crippen LogP contribution in [0.1, 0.15) is 50.6 Å². The van der Waals surface area contributed by atoms with Crippen LogP contribution in [0.3, 0.4) is 0 Å². The zero-order valence-electron chi connectivity index (χ0n) is 20.6. The van der Waals surface area contributed by atoms with Crippen molar-refractivity contribution in [3.05, 3.63) is 77.6 Å². The third kappa shape index (κ3) is 8.54. The van der Waals surface area contributed by atoms with E-state index in [1.807, 2.05) is 41.3 Å². The molecule has 1 atom stereocenters. The van der Waals surface area contributed by atoms with Gasteiger partial charge in [0.2, 0.25) is 11.0 Å². The molecule has 0 fully saturated rings. The first kappa shape index (κ1) is 25.8. The second kappa shape index (κ2) is 13.8. The quantitative estimate of drug-likeness (QED) is 0.361. The fraction of sp³-hybridized carbons (Fsp3) is 0.444. The molecule has 0 saturated heterocycles. The molecule has 1 N–H and O–H groups in total. The standard InChI is InChI=1S/C27H37N5OS/c1-4-31(5-2)18-12-13-22(3)28-26(33)21-32(20-24-16-10-7-11-17-24)27-29-25(30-34-27)19-23-14-8-6-9-15-23/h6-11,14-17,22H,4-5,12-13,18-21H2,1-3H3,(H,28,33). The van der Waals surface area contributed by atoms with Gasteiger partial charge in [-0.1, -0.05) is 74.5 Å². The zero-order valence-corrected chi connectivity index (χ0v) is 21.4. The van der Waals surface area contributed by atoms with E-state index in [1.54, 1.807) is 0 Å². The largest absolute Gasteiger partial charge is 0.352 e. The van der Waals surface area contributed by atoms with Gasteiger partial charge in [-0.2, -0.15) is 4.37 Å². The van der Waals surface area contributed by atoms with Crippen LogP contribution in [0.5, 0.6) is 0 Å². The zero-order chi connectivity index (χ0) is 24.2. The summed E-state index contributed by atoms with van der Waals surface area (Å²) in [6.45, 7) is 10.6. The van der Waals surface area contributed by atoms with Crippen molar-refractivity contribution < 1.29 is 4.79 Å². The molecule has 34 heavy (non-hydrogen) atoms. The Bertz CT molecular complexity index is 975. The van der Waals surface area contributed by atoms with Crippen LogP contribution in [0, 0.1) is 0 Å². The van der Waals surface area contributed by atoms with Gasteiger partial charge in [0, 0.05) is 30.5 Å². The first-order valence-corrected chi connectivity index (χ1v) is 13.0. The van der Waals surface area contributed by atoms with Gasteiger partial charge in [-0.05, 0) is 50.5 Å². The van der Waals surface area contributed by atoms with Gasteiger partial charge in [0.15, 0.2) is 0 Å². The minimum absolute atomic E-state index is 0.0195. The number of nitrogens with zero attached hydrogens (tertiary/aromatic N) is 4. The Morgan fingerprint density at radius 1 is 1.00 bits per heavy atom. The van der Waals surface area contributed by atoms with Crippen molar-refractivity contribution in [2.45, 2.75) is 52.6 Å². The first-order valence-electron chi connectivity index (χ1n) is 12.2. The SMILES string of the molecule is CCN(CC)CCCC(C)NC(=O)CN(Cc1ccccc1)c1nc(Cc2ccccc2)ns1. The molecular weight excluding hydrogens is 442 g/mol. The second-order valence-electron chi connectivity index (χ2n) is 8.63. The summed E-state index contributed by atoms with van der Waals surface area (Å²) in [7, 11) is 0. The average Bonchev–Trinajstić information content (AvgIpc) is 3.31. The van der Waals surface area contributed by atoms with Crippen LogP contribution < -0.4 is 10.2 Å². The number of benzene rings is 2. The van der Waals surface area contributed by atoms with Crippen LogP contribution in [0.25, 0.3) is 0 Å². The van der Waals surface area contributed by atoms with Gasteiger partial charge in [-0.25, -0.2) is 4.98 Å². The number of amides is 1. The van der Waals surface area contributed by atoms with Gasteiger partial charge in [0.1, 0.15) is 5.82 Å². The molecule has 6 nitrogen and oxygen atoms in total. The summed E-state index contributed by atoms with van der Waals surface area (Å²) in [6, 6.07) is 20.6.